The molecule has 0 aromatic carbocycles. The van der Waals surface area contributed by atoms with Crippen LogP contribution in [0.15, 0.2) is 5.51 Å². The molecule has 0 saturated carbocycles. The van der Waals surface area contributed by atoms with E-state index in [1.54, 1.807) is 11.3 Å². The predicted molar refractivity (Wildman–Crippen MR) is 61.4 cm³/mol. The molecular formula is C10H19N3S. The molecule has 1 unspecified atom stereocenters. The highest BCUT2D eigenvalue weighted by Gasteiger charge is 2.04. The van der Waals surface area contributed by atoms with Crippen LogP contribution in [0.3, 0.4) is 0 Å². The Morgan fingerprint density at radius 1 is 1.64 bits per heavy atom. The maximum Gasteiger partial charge on any atom is 0.0798 e. The molecule has 0 spiro atoms. The number of nitrogens with two attached hydrogens (primary N) is 1. The fraction of sp³-hybridized carbons (Fsp3) is 0.700. The van der Waals surface area contributed by atoms with Gasteiger partial charge < -0.3 is 11.1 Å². The summed E-state index contributed by atoms with van der Waals surface area (Å²) < 4.78 is 0. The van der Waals surface area contributed by atoms with Gasteiger partial charge in [0.15, 0.2) is 0 Å². The van der Waals surface area contributed by atoms with Gasteiger partial charge in [-0.2, -0.15) is 0 Å². The lowest BCUT2D eigenvalue weighted by Gasteiger charge is -2.12. The fourth-order valence-corrected chi connectivity index (χ4v) is 2.03. The van der Waals surface area contributed by atoms with Crippen LogP contribution in [0.1, 0.15) is 23.9 Å². The second-order valence-electron chi connectivity index (χ2n) is 3.50. The Labute approximate surface area is 89.7 Å². The van der Waals surface area contributed by atoms with E-state index in [1.165, 1.54) is 4.88 Å². The summed E-state index contributed by atoms with van der Waals surface area (Å²) in [6, 6.07) is 0. The molecule has 0 aliphatic rings. The van der Waals surface area contributed by atoms with E-state index in [1.807, 2.05) is 12.4 Å². The first-order chi connectivity index (χ1) is 6.77. The van der Waals surface area contributed by atoms with Crippen molar-refractivity contribution in [2.24, 2.45) is 11.7 Å². The number of rotatable bonds is 6. The third-order valence-electron chi connectivity index (χ3n) is 2.47. The predicted octanol–water partition coefficient (Wildman–Crippen LogP) is 1.53. The Kier molecular flexibility index (Phi) is 5.07. The summed E-state index contributed by atoms with van der Waals surface area (Å²) in [5.41, 5.74) is 8.66. The Bertz CT molecular complexity index is 256. The number of hydrogen-bond donors (Lipinski definition) is 2. The Hall–Kier alpha value is -0.450. The van der Waals surface area contributed by atoms with E-state index in [2.05, 4.69) is 17.2 Å². The van der Waals surface area contributed by atoms with Gasteiger partial charge in [0, 0.05) is 11.4 Å². The summed E-state index contributed by atoms with van der Waals surface area (Å²) >= 11 is 1.71. The number of nitrogens with one attached hydrogen (secondary N) is 1. The van der Waals surface area contributed by atoms with Crippen LogP contribution in [-0.4, -0.2) is 18.1 Å². The molecule has 0 aliphatic heterocycles. The van der Waals surface area contributed by atoms with Crippen LogP contribution in [0.5, 0.6) is 0 Å². The monoisotopic (exact) mass is 213 g/mol. The normalized spacial score (nSPS) is 13.1. The molecule has 1 rings (SSSR count). The molecule has 80 valence electrons. The minimum absolute atomic E-state index is 0.600. The van der Waals surface area contributed by atoms with Crippen molar-refractivity contribution >= 4 is 11.3 Å². The van der Waals surface area contributed by atoms with E-state index < -0.39 is 0 Å². The fourth-order valence-electron chi connectivity index (χ4n) is 1.28. The zero-order valence-corrected chi connectivity index (χ0v) is 9.73. The zero-order chi connectivity index (χ0) is 10.4. The van der Waals surface area contributed by atoms with Crippen molar-refractivity contribution in [2.75, 3.05) is 13.1 Å². The number of nitrogens with zero attached hydrogens (tertiary/aromatic N) is 1. The van der Waals surface area contributed by atoms with Crippen molar-refractivity contribution in [2.45, 2.75) is 26.8 Å². The quantitative estimate of drug-likeness (QED) is 0.753. The third kappa shape index (κ3) is 3.36. The maximum atomic E-state index is 5.62. The van der Waals surface area contributed by atoms with Gasteiger partial charge in [0.25, 0.3) is 0 Å². The third-order valence-corrected chi connectivity index (χ3v) is 3.41. The van der Waals surface area contributed by atoms with Crippen molar-refractivity contribution in [3.8, 4) is 0 Å². The topological polar surface area (TPSA) is 50.9 Å². The maximum absolute atomic E-state index is 5.62. The smallest absolute Gasteiger partial charge is 0.0798 e. The van der Waals surface area contributed by atoms with E-state index in [9.17, 15) is 0 Å². The average Bonchev–Trinajstić information content (AvgIpc) is 2.59. The molecule has 1 atom stereocenters. The number of hydrogen-bond acceptors (Lipinski definition) is 4. The van der Waals surface area contributed by atoms with Crippen LogP contribution in [0.2, 0.25) is 0 Å². The molecule has 4 heteroatoms. The van der Waals surface area contributed by atoms with Gasteiger partial charge in [0.1, 0.15) is 0 Å². The molecule has 3 nitrogen and oxygen atoms in total. The van der Waals surface area contributed by atoms with E-state index in [-0.39, 0.29) is 0 Å². The van der Waals surface area contributed by atoms with E-state index >= 15 is 0 Å². The minimum Gasteiger partial charge on any atom is -0.330 e. The first-order valence-corrected chi connectivity index (χ1v) is 5.95. The van der Waals surface area contributed by atoms with Crippen LogP contribution in [-0.2, 0) is 6.54 Å². The molecule has 0 saturated heterocycles. The number of thiazole rings is 1. The van der Waals surface area contributed by atoms with Crippen LogP contribution < -0.4 is 11.1 Å². The number of aromatic nitrogens is 1. The van der Waals surface area contributed by atoms with Crippen LogP contribution in [0, 0.1) is 12.8 Å². The molecule has 1 heterocycles. The summed E-state index contributed by atoms with van der Waals surface area (Å²) in [4.78, 5) is 5.54. The lowest BCUT2D eigenvalue weighted by Crippen LogP contribution is -2.27. The van der Waals surface area contributed by atoms with E-state index in [0.29, 0.717) is 5.92 Å². The Morgan fingerprint density at radius 3 is 2.93 bits per heavy atom. The SMILES string of the molecule is CCC(CN)CNCc1scnc1C. The summed E-state index contributed by atoms with van der Waals surface area (Å²) in [6.07, 6.45) is 1.14. The summed E-state index contributed by atoms with van der Waals surface area (Å²) in [5.74, 6) is 0.600. The van der Waals surface area contributed by atoms with Gasteiger partial charge in [0.05, 0.1) is 11.2 Å². The van der Waals surface area contributed by atoms with Crippen LogP contribution in [0.25, 0.3) is 0 Å². The largest absolute Gasteiger partial charge is 0.330 e. The summed E-state index contributed by atoms with van der Waals surface area (Å²) in [5, 5.41) is 3.42. The van der Waals surface area contributed by atoms with Crippen molar-refractivity contribution < 1.29 is 0 Å². The molecule has 0 fully saturated rings. The minimum atomic E-state index is 0.600. The Morgan fingerprint density at radius 2 is 2.43 bits per heavy atom. The van der Waals surface area contributed by atoms with E-state index in [4.69, 9.17) is 5.73 Å². The van der Waals surface area contributed by atoms with Crippen LogP contribution >= 0.6 is 11.3 Å². The lowest BCUT2D eigenvalue weighted by molar-refractivity contribution is 0.472. The van der Waals surface area contributed by atoms with Gasteiger partial charge >= 0.3 is 0 Å². The average molecular weight is 213 g/mol. The molecule has 1 aromatic heterocycles. The van der Waals surface area contributed by atoms with E-state index in [0.717, 1.165) is 31.7 Å². The standard InChI is InChI=1S/C10H19N3S/c1-3-9(4-11)5-12-6-10-8(2)13-7-14-10/h7,9,12H,3-6,11H2,1-2H3. The van der Waals surface area contributed by atoms with Crippen molar-refractivity contribution in [1.29, 1.82) is 0 Å². The molecule has 1 aromatic rings. The van der Waals surface area contributed by atoms with Crippen molar-refractivity contribution in [3.05, 3.63) is 16.1 Å². The Balaban J connectivity index is 2.24. The first-order valence-electron chi connectivity index (χ1n) is 5.07. The molecule has 14 heavy (non-hydrogen) atoms. The highest BCUT2D eigenvalue weighted by Crippen LogP contribution is 2.11. The van der Waals surface area contributed by atoms with Crippen molar-refractivity contribution in [1.82, 2.24) is 10.3 Å². The molecule has 0 bridgehead atoms. The van der Waals surface area contributed by atoms with Gasteiger partial charge in [-0.15, -0.1) is 11.3 Å². The second kappa shape index (κ2) is 6.11. The summed E-state index contributed by atoms with van der Waals surface area (Å²) in [7, 11) is 0. The molecule has 0 radical (unpaired) electrons. The van der Waals surface area contributed by atoms with Crippen molar-refractivity contribution in [3.63, 3.8) is 0 Å². The molecule has 0 amide bonds. The first kappa shape index (κ1) is 11.6. The highest BCUT2D eigenvalue weighted by molar-refractivity contribution is 7.09. The summed E-state index contributed by atoms with van der Waals surface area (Å²) in [6.45, 7) is 6.92. The van der Waals surface area contributed by atoms with Gasteiger partial charge in [-0.05, 0) is 25.9 Å². The zero-order valence-electron chi connectivity index (χ0n) is 8.92. The van der Waals surface area contributed by atoms with Gasteiger partial charge in [-0.3, -0.25) is 0 Å². The van der Waals surface area contributed by atoms with Gasteiger partial charge in [-0.25, -0.2) is 4.98 Å². The van der Waals surface area contributed by atoms with Gasteiger partial charge in [0.2, 0.25) is 0 Å². The number of aryl methyl sites for hydroxylation is 1. The molecule has 3 N–H and O–H groups in total. The van der Waals surface area contributed by atoms with Crippen LogP contribution in [0.4, 0.5) is 0 Å². The second-order valence-corrected chi connectivity index (χ2v) is 4.44. The molecular weight excluding hydrogens is 194 g/mol. The van der Waals surface area contributed by atoms with Gasteiger partial charge in [-0.1, -0.05) is 13.3 Å². The molecule has 0 aliphatic carbocycles. The highest BCUT2D eigenvalue weighted by atomic mass is 32.1. The lowest BCUT2D eigenvalue weighted by atomic mass is 10.1.